The van der Waals surface area contributed by atoms with Crippen LogP contribution in [0.2, 0.25) is 0 Å². The number of likely N-dealkylation sites (N-methyl/N-ethyl adjacent to an activating group) is 1. The Hall–Kier alpha value is -0.540. The van der Waals surface area contributed by atoms with E-state index in [1.165, 1.54) is 4.90 Å². The summed E-state index contributed by atoms with van der Waals surface area (Å²) < 4.78 is 14.1. The molecule has 1 aromatic rings. The van der Waals surface area contributed by atoms with Gasteiger partial charge in [0, 0.05) is 11.4 Å². The molecule has 0 saturated carbocycles. The zero-order valence-corrected chi connectivity index (χ0v) is 10.3. The highest BCUT2D eigenvalue weighted by molar-refractivity contribution is 7.99. The van der Waals surface area contributed by atoms with Gasteiger partial charge < -0.3 is 5.32 Å². The second-order valence-electron chi connectivity index (χ2n) is 3.69. The van der Waals surface area contributed by atoms with Crippen molar-refractivity contribution in [2.45, 2.75) is 24.4 Å². The first-order valence-corrected chi connectivity index (χ1v) is 6.15. The third kappa shape index (κ3) is 3.50. The fourth-order valence-corrected chi connectivity index (χ4v) is 2.16. The molecule has 0 aliphatic rings. The molecule has 0 aliphatic heterocycles. The SMILES string of the molecule is CCSc1ccc(C(C)(F)CNC)cc1. The van der Waals surface area contributed by atoms with Crippen LogP contribution < -0.4 is 5.32 Å². The van der Waals surface area contributed by atoms with Gasteiger partial charge in [-0.25, -0.2) is 4.39 Å². The predicted molar refractivity (Wildman–Crippen MR) is 65.2 cm³/mol. The molecule has 84 valence electrons. The van der Waals surface area contributed by atoms with Crippen molar-refractivity contribution >= 4 is 11.8 Å². The fraction of sp³-hybridized carbons (Fsp3) is 0.500. The van der Waals surface area contributed by atoms with E-state index in [0.717, 1.165) is 11.3 Å². The van der Waals surface area contributed by atoms with E-state index < -0.39 is 5.67 Å². The summed E-state index contributed by atoms with van der Waals surface area (Å²) in [6, 6.07) is 7.71. The van der Waals surface area contributed by atoms with E-state index in [9.17, 15) is 4.39 Å². The van der Waals surface area contributed by atoms with Crippen LogP contribution in [0.15, 0.2) is 29.2 Å². The molecular weight excluding hydrogens is 209 g/mol. The molecule has 0 radical (unpaired) electrons. The van der Waals surface area contributed by atoms with Crippen LogP contribution in [-0.4, -0.2) is 19.3 Å². The molecule has 0 bridgehead atoms. The predicted octanol–water partition coefficient (Wildman–Crippen LogP) is 3.20. The molecule has 15 heavy (non-hydrogen) atoms. The van der Waals surface area contributed by atoms with Crippen molar-refractivity contribution in [2.24, 2.45) is 0 Å². The summed E-state index contributed by atoms with van der Waals surface area (Å²) in [6.45, 7) is 4.05. The highest BCUT2D eigenvalue weighted by Crippen LogP contribution is 2.27. The van der Waals surface area contributed by atoms with Gasteiger partial charge in [-0.2, -0.15) is 0 Å². The summed E-state index contributed by atoms with van der Waals surface area (Å²) in [5.74, 6) is 1.04. The van der Waals surface area contributed by atoms with Gasteiger partial charge in [0.05, 0.1) is 0 Å². The van der Waals surface area contributed by atoms with E-state index in [-0.39, 0.29) is 0 Å². The Labute approximate surface area is 95.5 Å². The Morgan fingerprint density at radius 1 is 1.33 bits per heavy atom. The molecule has 1 rings (SSSR count). The average molecular weight is 227 g/mol. The number of thioether (sulfide) groups is 1. The number of benzene rings is 1. The van der Waals surface area contributed by atoms with Crippen LogP contribution in [0, 0.1) is 0 Å². The molecule has 1 nitrogen and oxygen atoms in total. The quantitative estimate of drug-likeness (QED) is 0.775. The van der Waals surface area contributed by atoms with Crippen molar-refractivity contribution in [1.29, 1.82) is 0 Å². The summed E-state index contributed by atoms with van der Waals surface area (Å²) in [5.41, 5.74) is -0.554. The van der Waals surface area contributed by atoms with Crippen molar-refractivity contribution in [3.63, 3.8) is 0 Å². The van der Waals surface area contributed by atoms with Gasteiger partial charge in [-0.05, 0) is 37.4 Å². The van der Waals surface area contributed by atoms with Gasteiger partial charge in [0.2, 0.25) is 0 Å². The largest absolute Gasteiger partial charge is 0.316 e. The lowest BCUT2D eigenvalue weighted by molar-refractivity contribution is 0.190. The molecule has 1 N–H and O–H groups in total. The van der Waals surface area contributed by atoms with Gasteiger partial charge in [-0.1, -0.05) is 19.1 Å². The maximum atomic E-state index is 14.1. The average Bonchev–Trinajstić information content (AvgIpc) is 2.19. The Kier molecular flexibility index (Phi) is 4.61. The van der Waals surface area contributed by atoms with Crippen LogP contribution in [0.25, 0.3) is 0 Å². The minimum absolute atomic E-state index is 0.341. The summed E-state index contributed by atoms with van der Waals surface area (Å²) in [5, 5.41) is 2.87. The molecule has 0 spiro atoms. The van der Waals surface area contributed by atoms with Crippen LogP contribution in [0.1, 0.15) is 19.4 Å². The second-order valence-corrected chi connectivity index (χ2v) is 5.02. The molecular formula is C12H18FNS. The highest BCUT2D eigenvalue weighted by Gasteiger charge is 2.24. The second kappa shape index (κ2) is 5.52. The van der Waals surface area contributed by atoms with Crippen LogP contribution in [0.5, 0.6) is 0 Å². The molecule has 0 amide bonds. The van der Waals surface area contributed by atoms with Crippen molar-refractivity contribution in [1.82, 2.24) is 5.32 Å². The van der Waals surface area contributed by atoms with Crippen molar-refractivity contribution in [2.75, 3.05) is 19.3 Å². The van der Waals surface area contributed by atoms with Crippen LogP contribution in [0.3, 0.4) is 0 Å². The first kappa shape index (κ1) is 12.5. The van der Waals surface area contributed by atoms with Crippen LogP contribution in [-0.2, 0) is 5.67 Å². The van der Waals surface area contributed by atoms with Crippen LogP contribution in [0.4, 0.5) is 4.39 Å². The van der Waals surface area contributed by atoms with Crippen molar-refractivity contribution < 1.29 is 4.39 Å². The van der Waals surface area contributed by atoms with Crippen molar-refractivity contribution in [3.05, 3.63) is 29.8 Å². The summed E-state index contributed by atoms with van der Waals surface area (Å²) in [4.78, 5) is 1.20. The lowest BCUT2D eigenvalue weighted by atomic mass is 9.98. The lowest BCUT2D eigenvalue weighted by Gasteiger charge is -2.20. The Morgan fingerprint density at radius 3 is 2.40 bits per heavy atom. The highest BCUT2D eigenvalue weighted by atomic mass is 32.2. The molecule has 1 atom stereocenters. The van der Waals surface area contributed by atoms with E-state index in [2.05, 4.69) is 12.2 Å². The van der Waals surface area contributed by atoms with Crippen LogP contribution >= 0.6 is 11.8 Å². The minimum Gasteiger partial charge on any atom is -0.316 e. The standard InChI is InChI=1S/C12H18FNS/c1-4-15-11-7-5-10(6-8-11)12(2,13)9-14-3/h5-8,14H,4,9H2,1-3H3. The molecule has 0 aromatic heterocycles. The van der Waals surface area contributed by atoms with E-state index in [1.807, 2.05) is 24.3 Å². The smallest absolute Gasteiger partial charge is 0.145 e. The third-order valence-corrected chi connectivity index (χ3v) is 3.17. The molecule has 0 heterocycles. The van der Waals surface area contributed by atoms with Gasteiger partial charge in [-0.3, -0.25) is 0 Å². The number of rotatable bonds is 5. The van der Waals surface area contributed by atoms with Crippen molar-refractivity contribution in [3.8, 4) is 0 Å². The molecule has 3 heteroatoms. The Bertz CT molecular complexity index is 295. The molecule has 0 fully saturated rings. The molecule has 0 aliphatic carbocycles. The van der Waals surface area contributed by atoms with Gasteiger partial charge in [-0.15, -0.1) is 11.8 Å². The normalized spacial score (nSPS) is 14.9. The molecule has 1 aromatic carbocycles. The first-order chi connectivity index (χ1) is 7.10. The fourth-order valence-electron chi connectivity index (χ4n) is 1.50. The topological polar surface area (TPSA) is 12.0 Å². The monoisotopic (exact) mass is 227 g/mol. The molecule has 0 saturated heterocycles. The number of hydrogen-bond acceptors (Lipinski definition) is 2. The maximum Gasteiger partial charge on any atom is 0.145 e. The van der Waals surface area contributed by atoms with Gasteiger partial charge in [0.1, 0.15) is 5.67 Å². The summed E-state index contributed by atoms with van der Waals surface area (Å²) in [6.07, 6.45) is 0. The Morgan fingerprint density at radius 2 is 1.93 bits per heavy atom. The first-order valence-electron chi connectivity index (χ1n) is 5.17. The minimum atomic E-state index is -1.29. The van der Waals surface area contributed by atoms with Gasteiger partial charge >= 0.3 is 0 Å². The number of halogens is 1. The van der Waals surface area contributed by atoms with Gasteiger partial charge in [0.15, 0.2) is 0 Å². The van der Waals surface area contributed by atoms with E-state index in [0.29, 0.717) is 6.54 Å². The Balaban J connectivity index is 2.78. The maximum absolute atomic E-state index is 14.1. The zero-order valence-electron chi connectivity index (χ0n) is 9.51. The number of alkyl halides is 1. The van der Waals surface area contributed by atoms with Gasteiger partial charge in [0.25, 0.3) is 0 Å². The molecule has 1 unspecified atom stereocenters. The lowest BCUT2D eigenvalue weighted by Crippen LogP contribution is -2.29. The zero-order chi connectivity index (χ0) is 11.3. The third-order valence-electron chi connectivity index (χ3n) is 2.28. The van der Waals surface area contributed by atoms with E-state index in [1.54, 1.807) is 25.7 Å². The number of hydrogen-bond donors (Lipinski definition) is 1. The summed E-state index contributed by atoms with van der Waals surface area (Å²) in [7, 11) is 1.76. The summed E-state index contributed by atoms with van der Waals surface area (Å²) >= 11 is 1.77. The number of nitrogens with one attached hydrogen (secondary N) is 1. The van der Waals surface area contributed by atoms with E-state index in [4.69, 9.17) is 0 Å². The van der Waals surface area contributed by atoms with E-state index >= 15 is 0 Å².